The van der Waals surface area contributed by atoms with Crippen molar-refractivity contribution in [2.75, 3.05) is 47.1 Å². The molecule has 8 heteroatoms. The first-order valence-electron chi connectivity index (χ1n) is 21.2. The van der Waals surface area contributed by atoms with Crippen molar-refractivity contribution >= 4 is 18.1 Å². The van der Waals surface area contributed by atoms with Gasteiger partial charge in [-0.2, -0.15) is 0 Å². The minimum absolute atomic E-state index is 0.164. The molecule has 0 spiro atoms. The molecular weight excluding hydrogens is 666 g/mol. The molecule has 8 nitrogen and oxygen atoms in total. The third kappa shape index (κ3) is 51.3. The summed E-state index contributed by atoms with van der Waals surface area (Å²) in [4.78, 5) is 35.3. The number of rotatable bonds is 35. The molecule has 308 valence electrons. The fourth-order valence-electron chi connectivity index (χ4n) is 5.10. The summed E-state index contributed by atoms with van der Waals surface area (Å²) >= 11 is 0. The van der Waals surface area contributed by atoms with Crippen LogP contribution < -0.4 is 0 Å². The third-order valence-corrected chi connectivity index (χ3v) is 8.32. The first-order valence-corrected chi connectivity index (χ1v) is 21.2. The highest BCUT2D eigenvalue weighted by Crippen LogP contribution is 2.10. The number of hydrogen-bond acceptors (Lipinski definition) is 8. The second kappa shape index (κ2) is 45.3. The van der Waals surface area contributed by atoms with E-state index in [2.05, 4.69) is 62.5 Å². The highest BCUT2D eigenvalue weighted by Gasteiger charge is 2.09. The summed E-state index contributed by atoms with van der Waals surface area (Å²) < 4.78 is 19.5. The number of hydrogen-bond donors (Lipinski definition) is 0. The van der Waals surface area contributed by atoms with Crippen LogP contribution in [0.3, 0.4) is 0 Å². The van der Waals surface area contributed by atoms with Crippen molar-refractivity contribution in [3.05, 3.63) is 48.6 Å². The van der Waals surface area contributed by atoms with Gasteiger partial charge in [0.15, 0.2) is 6.61 Å². The molecule has 0 aromatic heterocycles. The van der Waals surface area contributed by atoms with Gasteiger partial charge in [0.05, 0.1) is 13.2 Å². The van der Waals surface area contributed by atoms with Gasteiger partial charge in [-0.05, 0) is 91.1 Å². The van der Waals surface area contributed by atoms with Gasteiger partial charge in [-0.15, -0.1) is 0 Å². The van der Waals surface area contributed by atoms with E-state index in [0.29, 0.717) is 19.8 Å². The number of esters is 2. The summed E-state index contributed by atoms with van der Waals surface area (Å²) in [5.74, 6) is -0.699. The molecule has 0 radical (unpaired) electrons. The van der Waals surface area contributed by atoms with Gasteiger partial charge in [-0.3, -0.25) is 4.79 Å². The second-order valence-corrected chi connectivity index (χ2v) is 13.9. The van der Waals surface area contributed by atoms with Gasteiger partial charge in [0.1, 0.15) is 6.61 Å². The molecule has 0 bridgehead atoms. The molecule has 0 N–H and O–H groups in total. The summed E-state index contributed by atoms with van der Waals surface area (Å²) in [7, 11) is 3.75. The Balaban J connectivity index is 0. The SMILES string of the molecule is CCCCC/C=C\C/C=C\CCCCCCCCOC(=O)COC(=O)OCCN(C)C.CCCCC/C=C\C/C=C\CCCCCCCCOC(C)=O. The van der Waals surface area contributed by atoms with E-state index in [1.807, 2.05) is 19.0 Å². The molecule has 0 rings (SSSR count). The van der Waals surface area contributed by atoms with Crippen molar-refractivity contribution in [1.82, 2.24) is 4.90 Å². The van der Waals surface area contributed by atoms with Gasteiger partial charge in [0.25, 0.3) is 0 Å². The standard InChI is InChI=1S/C25H45NO5.C20H36O2/c1-4-5-6-7-8-9-10-11-12-13-14-15-16-17-18-19-21-29-24(27)23-31-25(28)30-22-20-26(2)3;1-3-4-5-6-7-8-9-10-11-12-13-14-15-16-17-18-19-22-20(2)21/h8-9,11-12H,4-7,10,13-23H2,1-3H3;7-8,10-11H,3-6,9,12-19H2,1-2H3/b9-8-,12-11-;8-7-,11-10-. The molecule has 0 fully saturated rings. The van der Waals surface area contributed by atoms with Gasteiger partial charge in [-0.1, -0.05) is 140 Å². The molecule has 53 heavy (non-hydrogen) atoms. The molecule has 0 unspecified atom stereocenters. The Bertz CT molecular complexity index is 926. The maximum absolute atomic E-state index is 11.5. The van der Waals surface area contributed by atoms with Crippen LogP contribution in [0.4, 0.5) is 4.79 Å². The average molecular weight is 748 g/mol. The molecule has 0 aliphatic rings. The molecule has 0 heterocycles. The van der Waals surface area contributed by atoms with E-state index in [1.54, 1.807) is 0 Å². The lowest BCUT2D eigenvalue weighted by atomic mass is 10.1. The highest BCUT2D eigenvalue weighted by molar-refractivity contribution is 5.73. The number of ether oxygens (including phenoxy) is 4. The number of nitrogens with zero attached hydrogens (tertiary/aromatic N) is 1. The zero-order valence-electron chi connectivity index (χ0n) is 34.9. The van der Waals surface area contributed by atoms with E-state index in [4.69, 9.17) is 18.9 Å². The Morgan fingerprint density at radius 2 is 0.849 bits per heavy atom. The van der Waals surface area contributed by atoms with Crippen molar-refractivity contribution in [2.45, 2.75) is 175 Å². The first kappa shape index (κ1) is 52.2. The lowest BCUT2D eigenvalue weighted by Gasteiger charge is -2.10. The van der Waals surface area contributed by atoms with Crippen molar-refractivity contribution in [3.8, 4) is 0 Å². The molecule has 0 aliphatic carbocycles. The molecule has 0 aliphatic heterocycles. The Morgan fingerprint density at radius 3 is 1.26 bits per heavy atom. The predicted octanol–water partition coefficient (Wildman–Crippen LogP) is 12.4. The maximum atomic E-state index is 11.5. The van der Waals surface area contributed by atoms with Crippen molar-refractivity contribution < 1.29 is 33.3 Å². The largest absolute Gasteiger partial charge is 0.508 e. The van der Waals surface area contributed by atoms with E-state index in [0.717, 1.165) is 44.9 Å². The van der Waals surface area contributed by atoms with Crippen LogP contribution in [-0.4, -0.2) is 70.1 Å². The molecule has 0 saturated carbocycles. The number of allylic oxidation sites excluding steroid dienone is 8. The zero-order chi connectivity index (χ0) is 39.3. The molecule has 0 saturated heterocycles. The van der Waals surface area contributed by atoms with Crippen LogP contribution in [0.15, 0.2) is 48.6 Å². The lowest BCUT2D eigenvalue weighted by Crippen LogP contribution is -2.22. The zero-order valence-corrected chi connectivity index (χ0v) is 34.9. The number of unbranched alkanes of at least 4 members (excludes halogenated alkanes) is 18. The fraction of sp³-hybridized carbons (Fsp3) is 0.756. The number of carbonyl (C=O) groups excluding carboxylic acids is 3. The molecule has 0 atom stereocenters. The predicted molar refractivity (Wildman–Crippen MR) is 222 cm³/mol. The highest BCUT2D eigenvalue weighted by atomic mass is 16.7. The molecule has 0 aromatic rings. The first-order chi connectivity index (χ1) is 25.8. The number of likely N-dealkylation sites (N-methyl/N-ethyl adjacent to an activating group) is 1. The van der Waals surface area contributed by atoms with Crippen LogP contribution in [0.5, 0.6) is 0 Å². The van der Waals surface area contributed by atoms with Crippen LogP contribution in [-0.2, 0) is 28.5 Å². The Morgan fingerprint density at radius 1 is 0.453 bits per heavy atom. The van der Waals surface area contributed by atoms with E-state index >= 15 is 0 Å². The van der Waals surface area contributed by atoms with E-state index in [9.17, 15) is 14.4 Å². The summed E-state index contributed by atoms with van der Waals surface area (Å²) in [6.07, 6.45) is 46.4. The quantitative estimate of drug-likeness (QED) is 0.0274. The smallest absolute Gasteiger partial charge is 0.466 e. The van der Waals surface area contributed by atoms with Gasteiger partial charge in [-0.25, -0.2) is 9.59 Å². The Kier molecular flexibility index (Phi) is 44.6. The summed E-state index contributed by atoms with van der Waals surface area (Å²) in [6.45, 7) is 7.34. The van der Waals surface area contributed by atoms with Crippen molar-refractivity contribution in [2.24, 2.45) is 0 Å². The minimum Gasteiger partial charge on any atom is -0.466 e. The van der Waals surface area contributed by atoms with Gasteiger partial charge in [0.2, 0.25) is 0 Å². The Hall–Kier alpha value is -2.87. The normalized spacial score (nSPS) is 11.5. The van der Waals surface area contributed by atoms with E-state index in [-0.39, 0.29) is 12.6 Å². The molecular formula is C45H81NO7. The fourth-order valence-corrected chi connectivity index (χ4v) is 5.10. The van der Waals surface area contributed by atoms with E-state index in [1.165, 1.54) is 116 Å². The van der Waals surface area contributed by atoms with Gasteiger partial charge in [0, 0.05) is 13.5 Å². The molecule has 0 aromatic carbocycles. The topological polar surface area (TPSA) is 91.4 Å². The van der Waals surface area contributed by atoms with Crippen LogP contribution >= 0.6 is 0 Å². The number of carbonyl (C=O) groups is 3. The van der Waals surface area contributed by atoms with Crippen molar-refractivity contribution in [1.29, 1.82) is 0 Å². The van der Waals surface area contributed by atoms with Crippen LogP contribution in [0.1, 0.15) is 175 Å². The van der Waals surface area contributed by atoms with Gasteiger partial charge < -0.3 is 23.8 Å². The lowest BCUT2D eigenvalue weighted by molar-refractivity contribution is -0.148. The summed E-state index contributed by atoms with van der Waals surface area (Å²) in [5.41, 5.74) is 0. The summed E-state index contributed by atoms with van der Waals surface area (Å²) in [5, 5.41) is 0. The van der Waals surface area contributed by atoms with E-state index < -0.39 is 18.7 Å². The second-order valence-electron chi connectivity index (χ2n) is 13.9. The maximum Gasteiger partial charge on any atom is 0.508 e. The average Bonchev–Trinajstić information content (AvgIpc) is 3.13. The van der Waals surface area contributed by atoms with Crippen LogP contribution in [0, 0.1) is 0 Å². The van der Waals surface area contributed by atoms with Crippen LogP contribution in [0.25, 0.3) is 0 Å². The molecule has 0 amide bonds. The van der Waals surface area contributed by atoms with Crippen LogP contribution in [0.2, 0.25) is 0 Å². The monoisotopic (exact) mass is 748 g/mol. The third-order valence-electron chi connectivity index (χ3n) is 8.32. The van der Waals surface area contributed by atoms with Crippen molar-refractivity contribution in [3.63, 3.8) is 0 Å². The summed E-state index contributed by atoms with van der Waals surface area (Å²) in [6, 6.07) is 0. The minimum atomic E-state index is -0.840. The van der Waals surface area contributed by atoms with Gasteiger partial charge >= 0.3 is 18.1 Å². The Labute approximate surface area is 326 Å².